The Bertz CT molecular complexity index is 1750. The van der Waals surface area contributed by atoms with E-state index in [9.17, 15) is 14.3 Å². The molecule has 0 unspecified atom stereocenters. The molecule has 44 heavy (non-hydrogen) atoms. The number of aromatic carboxylic acids is 1. The zero-order valence-electron chi connectivity index (χ0n) is 24.3. The smallest absolute Gasteiger partial charge is 0.335 e. The molecular formula is C33H33FN6O4. The standard InChI is InChI=1S/C33H33FN6O4/c34-27-17-23(4-3-22-1-2-22)5-6-25(27)21-44-33-35-11-9-30(37-33)39-14-12-38(13-15-39)20-31-36-28-8-7-24(32(41)42)18-29(28)40(31)19-26-10-16-43-26/h5-9,11,17-18,22,26H,1-2,10,12-16,19-21H2,(H,41,42)/t26-/m0/s1. The molecule has 2 aromatic heterocycles. The van der Waals surface area contributed by atoms with E-state index >= 15 is 0 Å². The minimum Gasteiger partial charge on any atom is -0.478 e. The van der Waals surface area contributed by atoms with Gasteiger partial charge in [-0.1, -0.05) is 17.9 Å². The number of hydrogen-bond acceptors (Lipinski definition) is 8. The van der Waals surface area contributed by atoms with Crippen molar-refractivity contribution in [1.29, 1.82) is 0 Å². The fraction of sp³-hybridized carbons (Fsp3) is 0.394. The van der Waals surface area contributed by atoms with Crippen molar-refractivity contribution in [2.75, 3.05) is 37.7 Å². The Balaban J connectivity index is 0.975. The number of carboxylic acids is 1. The molecule has 4 heterocycles. The summed E-state index contributed by atoms with van der Waals surface area (Å²) < 4.78 is 28.2. The number of anilines is 1. The first kappa shape index (κ1) is 28.3. The van der Waals surface area contributed by atoms with Crippen LogP contribution in [0.15, 0.2) is 48.7 Å². The predicted octanol–water partition coefficient (Wildman–Crippen LogP) is 4.12. The zero-order valence-corrected chi connectivity index (χ0v) is 24.3. The molecule has 1 aliphatic carbocycles. The third-order valence-electron chi connectivity index (χ3n) is 8.34. The van der Waals surface area contributed by atoms with Crippen LogP contribution < -0.4 is 9.64 Å². The summed E-state index contributed by atoms with van der Waals surface area (Å²) in [5.74, 6) is 7.02. The maximum atomic E-state index is 14.6. The number of carbonyl (C=O) groups is 1. The van der Waals surface area contributed by atoms with Gasteiger partial charge in [-0.05, 0) is 55.7 Å². The van der Waals surface area contributed by atoms with Gasteiger partial charge >= 0.3 is 12.0 Å². The summed E-state index contributed by atoms with van der Waals surface area (Å²) in [6.07, 6.45) is 5.03. The third kappa shape index (κ3) is 6.37. The van der Waals surface area contributed by atoms with Crippen molar-refractivity contribution in [2.24, 2.45) is 5.92 Å². The number of imidazole rings is 1. The number of hydrogen-bond donors (Lipinski definition) is 1. The van der Waals surface area contributed by atoms with Gasteiger partial charge in [-0.15, -0.1) is 0 Å². The predicted molar refractivity (Wildman–Crippen MR) is 161 cm³/mol. The Labute approximate surface area is 254 Å². The van der Waals surface area contributed by atoms with Crippen LogP contribution in [0, 0.1) is 23.6 Å². The number of carboxylic acid groups (broad SMARTS) is 1. The molecule has 1 atom stereocenters. The highest BCUT2D eigenvalue weighted by Crippen LogP contribution is 2.28. The van der Waals surface area contributed by atoms with Gasteiger partial charge in [0, 0.05) is 56.0 Å². The van der Waals surface area contributed by atoms with Crippen LogP contribution in [-0.2, 0) is 24.4 Å². The van der Waals surface area contributed by atoms with Crippen molar-refractivity contribution >= 4 is 22.8 Å². The largest absolute Gasteiger partial charge is 0.478 e. The fourth-order valence-corrected chi connectivity index (χ4v) is 5.47. The second-order valence-electron chi connectivity index (χ2n) is 11.5. The molecule has 0 spiro atoms. The molecule has 1 N–H and O–H groups in total. The number of halogens is 1. The normalized spacial score (nSPS) is 18.5. The molecule has 2 aliphatic heterocycles. The molecule has 3 aliphatic rings. The lowest BCUT2D eigenvalue weighted by atomic mass is 10.1. The topological polar surface area (TPSA) is 106 Å². The van der Waals surface area contributed by atoms with Crippen LogP contribution in [0.5, 0.6) is 6.01 Å². The highest BCUT2D eigenvalue weighted by atomic mass is 19.1. The van der Waals surface area contributed by atoms with Crippen molar-refractivity contribution in [3.8, 4) is 17.9 Å². The van der Waals surface area contributed by atoms with Crippen molar-refractivity contribution in [3.63, 3.8) is 0 Å². The van der Waals surface area contributed by atoms with Gasteiger partial charge in [-0.3, -0.25) is 4.90 Å². The van der Waals surface area contributed by atoms with Crippen LogP contribution in [0.2, 0.25) is 0 Å². The van der Waals surface area contributed by atoms with Crippen LogP contribution in [0.4, 0.5) is 10.2 Å². The summed E-state index contributed by atoms with van der Waals surface area (Å²) >= 11 is 0. The quantitative estimate of drug-likeness (QED) is 0.286. The third-order valence-corrected chi connectivity index (χ3v) is 8.34. The van der Waals surface area contributed by atoms with E-state index in [1.807, 2.05) is 12.1 Å². The van der Waals surface area contributed by atoms with Crippen LogP contribution in [0.1, 0.15) is 46.6 Å². The zero-order chi connectivity index (χ0) is 30.0. The fourth-order valence-electron chi connectivity index (χ4n) is 5.47. The van der Waals surface area contributed by atoms with E-state index in [2.05, 4.69) is 36.2 Å². The molecule has 3 fully saturated rings. The van der Waals surface area contributed by atoms with Crippen molar-refractivity contribution in [3.05, 3.63) is 77.0 Å². The first-order valence-electron chi connectivity index (χ1n) is 15.1. The maximum absolute atomic E-state index is 14.6. The number of fused-ring (bicyclic) bond motifs is 1. The molecule has 4 aromatic rings. The lowest BCUT2D eigenvalue weighted by Crippen LogP contribution is -2.46. The molecule has 0 bridgehead atoms. The Morgan fingerprint density at radius 3 is 2.64 bits per heavy atom. The summed E-state index contributed by atoms with van der Waals surface area (Å²) in [6.45, 7) is 5.18. The van der Waals surface area contributed by atoms with Gasteiger partial charge in [-0.2, -0.15) is 4.98 Å². The monoisotopic (exact) mass is 596 g/mol. The van der Waals surface area contributed by atoms with Gasteiger partial charge in [0.25, 0.3) is 0 Å². The second-order valence-corrected chi connectivity index (χ2v) is 11.5. The molecule has 10 nitrogen and oxygen atoms in total. The van der Waals surface area contributed by atoms with E-state index in [4.69, 9.17) is 14.5 Å². The summed E-state index contributed by atoms with van der Waals surface area (Å²) in [4.78, 5) is 29.8. The molecule has 2 saturated heterocycles. The molecule has 2 aromatic carbocycles. The number of ether oxygens (including phenoxy) is 2. The number of benzene rings is 2. The Hall–Kier alpha value is -4.53. The Morgan fingerprint density at radius 2 is 1.91 bits per heavy atom. The average Bonchev–Trinajstić information content (AvgIpc) is 3.78. The number of rotatable bonds is 9. The maximum Gasteiger partial charge on any atom is 0.335 e. The summed E-state index contributed by atoms with van der Waals surface area (Å²) in [7, 11) is 0. The van der Waals surface area contributed by atoms with Crippen LogP contribution in [0.25, 0.3) is 11.0 Å². The highest BCUT2D eigenvalue weighted by Gasteiger charge is 2.25. The molecule has 0 radical (unpaired) electrons. The number of nitrogens with zero attached hydrogens (tertiary/aromatic N) is 6. The SMILES string of the molecule is O=C(O)c1ccc2nc(CN3CCN(c4ccnc(OCc5ccc(C#CC6CC6)cc5F)n4)CC3)n(C[C@@H]3CCO3)c2c1. The minimum absolute atomic E-state index is 0.0280. The lowest BCUT2D eigenvalue weighted by molar-refractivity contribution is -0.0592. The second kappa shape index (κ2) is 12.2. The van der Waals surface area contributed by atoms with E-state index < -0.39 is 5.97 Å². The van der Waals surface area contributed by atoms with Crippen LogP contribution in [0.3, 0.4) is 0 Å². The number of aromatic nitrogens is 4. The molecular weight excluding hydrogens is 563 g/mol. The van der Waals surface area contributed by atoms with E-state index in [-0.39, 0.29) is 30.1 Å². The van der Waals surface area contributed by atoms with Crippen molar-refractivity contribution in [2.45, 2.75) is 45.1 Å². The van der Waals surface area contributed by atoms with Crippen molar-refractivity contribution < 1.29 is 23.8 Å². The average molecular weight is 597 g/mol. The van der Waals surface area contributed by atoms with E-state index in [0.717, 1.165) is 74.7 Å². The van der Waals surface area contributed by atoms with Crippen molar-refractivity contribution in [1.82, 2.24) is 24.4 Å². The lowest BCUT2D eigenvalue weighted by Gasteiger charge is -2.35. The number of piperazine rings is 1. The highest BCUT2D eigenvalue weighted by molar-refractivity contribution is 5.92. The van der Waals surface area contributed by atoms with Gasteiger partial charge in [0.2, 0.25) is 0 Å². The Kier molecular flexibility index (Phi) is 7.85. The molecule has 226 valence electrons. The molecule has 7 rings (SSSR count). The summed E-state index contributed by atoms with van der Waals surface area (Å²) in [5, 5.41) is 9.51. The van der Waals surface area contributed by atoms with Gasteiger partial charge < -0.3 is 24.0 Å². The van der Waals surface area contributed by atoms with Gasteiger partial charge in [0.1, 0.15) is 24.1 Å². The molecule has 1 saturated carbocycles. The van der Waals surface area contributed by atoms with Gasteiger partial charge in [-0.25, -0.2) is 19.2 Å². The van der Waals surface area contributed by atoms with E-state index in [0.29, 0.717) is 30.1 Å². The minimum atomic E-state index is -0.953. The van der Waals surface area contributed by atoms with Gasteiger partial charge in [0.15, 0.2) is 0 Å². The molecule has 11 heteroatoms. The first-order chi connectivity index (χ1) is 21.5. The summed E-state index contributed by atoms with van der Waals surface area (Å²) in [5.41, 5.74) is 2.96. The van der Waals surface area contributed by atoms with Gasteiger partial charge in [0.05, 0.1) is 35.8 Å². The van der Waals surface area contributed by atoms with Crippen LogP contribution >= 0.6 is 0 Å². The first-order valence-corrected chi connectivity index (χ1v) is 15.1. The van der Waals surface area contributed by atoms with Crippen LogP contribution in [-0.4, -0.2) is 74.4 Å². The summed E-state index contributed by atoms with van der Waals surface area (Å²) in [6, 6.07) is 12.1. The molecule has 0 amide bonds. The Morgan fingerprint density at radius 1 is 1.07 bits per heavy atom. The van der Waals surface area contributed by atoms with E-state index in [1.165, 1.54) is 6.07 Å². The van der Waals surface area contributed by atoms with E-state index in [1.54, 1.807) is 30.5 Å².